The van der Waals surface area contributed by atoms with Crippen LogP contribution in [0.3, 0.4) is 0 Å². The minimum atomic E-state index is -0.727. The second-order valence-corrected chi connectivity index (χ2v) is 6.72. The molecule has 28 heavy (non-hydrogen) atoms. The summed E-state index contributed by atoms with van der Waals surface area (Å²) >= 11 is 0. The Morgan fingerprint density at radius 3 is 2.71 bits per heavy atom. The summed E-state index contributed by atoms with van der Waals surface area (Å²) in [7, 11) is 0. The number of primary amides is 1. The summed E-state index contributed by atoms with van der Waals surface area (Å²) in [6.45, 7) is 1.82. The molecule has 1 heterocycles. The molecule has 0 spiro atoms. The number of rotatable bonds is 3. The largest absolute Gasteiger partial charge is 0.455 e. The Morgan fingerprint density at radius 1 is 1.11 bits per heavy atom. The van der Waals surface area contributed by atoms with Crippen LogP contribution in [0.2, 0.25) is 0 Å². The van der Waals surface area contributed by atoms with Crippen LogP contribution in [0.5, 0.6) is 0 Å². The van der Waals surface area contributed by atoms with E-state index in [1.165, 1.54) is 0 Å². The van der Waals surface area contributed by atoms with Gasteiger partial charge < -0.3 is 15.5 Å². The van der Waals surface area contributed by atoms with Gasteiger partial charge in [0, 0.05) is 28.6 Å². The molecule has 7 heteroatoms. The normalized spacial score (nSPS) is 14.7. The standard InChI is InChI=1S/C21H20N4O3/c1-12-18-16(24-25-21(22)27)10-5-11-17(18)28-19(12)20(26)23-15-9-4-7-13-6-2-3-8-14(13)15/h2-4,6-9H,5,10-11H2,1H3,(H,23,26)(H3,22,25,27)/b24-16+. The van der Waals surface area contributed by atoms with Crippen molar-refractivity contribution >= 4 is 34.1 Å². The van der Waals surface area contributed by atoms with E-state index in [0.717, 1.165) is 28.4 Å². The monoisotopic (exact) mass is 376 g/mol. The summed E-state index contributed by atoms with van der Waals surface area (Å²) in [5.74, 6) is 0.647. The van der Waals surface area contributed by atoms with Crippen LogP contribution in [0, 0.1) is 6.92 Å². The van der Waals surface area contributed by atoms with E-state index in [1.807, 2.05) is 49.4 Å². The van der Waals surface area contributed by atoms with Gasteiger partial charge in [-0.2, -0.15) is 5.10 Å². The van der Waals surface area contributed by atoms with Gasteiger partial charge in [0.05, 0.1) is 5.71 Å². The van der Waals surface area contributed by atoms with Crippen LogP contribution in [0.25, 0.3) is 10.8 Å². The van der Waals surface area contributed by atoms with Gasteiger partial charge in [0.1, 0.15) is 5.76 Å². The molecule has 4 rings (SSSR count). The number of hydrazone groups is 1. The summed E-state index contributed by atoms with van der Waals surface area (Å²) in [6.07, 6.45) is 2.22. The quantitative estimate of drug-likeness (QED) is 0.606. The molecule has 4 N–H and O–H groups in total. The Balaban J connectivity index is 1.67. The van der Waals surface area contributed by atoms with E-state index >= 15 is 0 Å². The van der Waals surface area contributed by atoms with E-state index in [9.17, 15) is 9.59 Å². The number of aryl methyl sites for hydroxylation is 1. The number of hydrogen-bond donors (Lipinski definition) is 3. The van der Waals surface area contributed by atoms with Crippen LogP contribution < -0.4 is 16.5 Å². The summed E-state index contributed by atoms with van der Waals surface area (Å²) in [6, 6.07) is 12.9. The summed E-state index contributed by atoms with van der Waals surface area (Å²) in [5.41, 5.74) is 10.3. The van der Waals surface area contributed by atoms with Crippen molar-refractivity contribution < 1.29 is 14.0 Å². The highest BCUT2D eigenvalue weighted by molar-refractivity contribution is 6.11. The lowest BCUT2D eigenvalue weighted by Crippen LogP contribution is -2.27. The van der Waals surface area contributed by atoms with Crippen molar-refractivity contribution in [3.8, 4) is 0 Å². The molecule has 0 atom stereocenters. The number of furan rings is 1. The molecule has 1 aromatic heterocycles. The number of hydrogen-bond acceptors (Lipinski definition) is 4. The molecule has 0 aliphatic heterocycles. The first-order valence-electron chi connectivity index (χ1n) is 9.08. The Bertz CT molecular complexity index is 1110. The highest BCUT2D eigenvalue weighted by Gasteiger charge is 2.28. The Kier molecular flexibility index (Phi) is 4.57. The highest BCUT2D eigenvalue weighted by atomic mass is 16.4. The number of urea groups is 1. The topological polar surface area (TPSA) is 110 Å². The number of anilines is 1. The maximum Gasteiger partial charge on any atom is 0.332 e. The number of carbonyl (C=O) groups excluding carboxylic acids is 2. The molecular formula is C21H20N4O3. The van der Waals surface area contributed by atoms with E-state index in [2.05, 4.69) is 15.8 Å². The summed E-state index contributed by atoms with van der Waals surface area (Å²) in [4.78, 5) is 23.9. The molecule has 0 saturated heterocycles. The van der Waals surface area contributed by atoms with Gasteiger partial charge in [-0.15, -0.1) is 0 Å². The fraction of sp³-hybridized carbons (Fsp3) is 0.190. The van der Waals surface area contributed by atoms with Gasteiger partial charge in [-0.05, 0) is 31.2 Å². The summed E-state index contributed by atoms with van der Waals surface area (Å²) in [5, 5.41) is 9.04. The van der Waals surface area contributed by atoms with Gasteiger partial charge in [0.15, 0.2) is 5.76 Å². The Morgan fingerprint density at radius 2 is 1.89 bits per heavy atom. The van der Waals surface area contributed by atoms with Crippen LogP contribution in [0.15, 0.2) is 52.0 Å². The number of amides is 3. The van der Waals surface area contributed by atoms with Gasteiger partial charge in [-0.25, -0.2) is 10.2 Å². The van der Waals surface area contributed by atoms with Crippen molar-refractivity contribution in [1.29, 1.82) is 0 Å². The lowest BCUT2D eigenvalue weighted by Gasteiger charge is -2.13. The van der Waals surface area contributed by atoms with Crippen molar-refractivity contribution in [2.24, 2.45) is 10.8 Å². The molecule has 2 aromatic carbocycles. The lowest BCUT2D eigenvalue weighted by atomic mass is 9.93. The molecule has 0 fully saturated rings. The van der Waals surface area contributed by atoms with E-state index in [1.54, 1.807) is 0 Å². The predicted octanol–water partition coefficient (Wildman–Crippen LogP) is 3.70. The van der Waals surface area contributed by atoms with Gasteiger partial charge >= 0.3 is 6.03 Å². The zero-order valence-corrected chi connectivity index (χ0v) is 15.4. The summed E-state index contributed by atoms with van der Waals surface area (Å²) < 4.78 is 5.88. The molecule has 142 valence electrons. The average Bonchev–Trinajstić information content (AvgIpc) is 3.04. The average molecular weight is 376 g/mol. The molecule has 0 saturated carbocycles. The van der Waals surface area contributed by atoms with Crippen LogP contribution >= 0.6 is 0 Å². The van der Waals surface area contributed by atoms with Crippen molar-refractivity contribution in [3.63, 3.8) is 0 Å². The minimum absolute atomic E-state index is 0.256. The van der Waals surface area contributed by atoms with Gasteiger partial charge in [-0.3, -0.25) is 4.79 Å². The van der Waals surface area contributed by atoms with Crippen LogP contribution in [0.1, 0.15) is 40.3 Å². The molecule has 0 bridgehead atoms. The molecule has 7 nitrogen and oxygen atoms in total. The molecule has 1 aliphatic rings. The second-order valence-electron chi connectivity index (χ2n) is 6.72. The molecule has 3 aromatic rings. The highest BCUT2D eigenvalue weighted by Crippen LogP contribution is 2.31. The first-order chi connectivity index (χ1) is 13.5. The molecule has 0 unspecified atom stereocenters. The zero-order chi connectivity index (χ0) is 19.7. The van der Waals surface area contributed by atoms with Crippen LogP contribution in [-0.4, -0.2) is 17.6 Å². The van der Waals surface area contributed by atoms with E-state index in [-0.39, 0.29) is 11.7 Å². The molecule has 0 radical (unpaired) electrons. The Labute approximate surface area is 161 Å². The van der Waals surface area contributed by atoms with Crippen molar-refractivity contribution in [1.82, 2.24) is 5.43 Å². The minimum Gasteiger partial charge on any atom is -0.455 e. The predicted molar refractivity (Wildman–Crippen MR) is 108 cm³/mol. The van der Waals surface area contributed by atoms with E-state index in [0.29, 0.717) is 29.9 Å². The smallest absolute Gasteiger partial charge is 0.332 e. The fourth-order valence-corrected chi connectivity index (χ4v) is 3.63. The van der Waals surface area contributed by atoms with Crippen molar-refractivity contribution in [2.75, 3.05) is 5.32 Å². The number of fused-ring (bicyclic) bond motifs is 2. The molecule has 1 aliphatic carbocycles. The van der Waals surface area contributed by atoms with Gasteiger partial charge in [0.2, 0.25) is 0 Å². The number of nitrogens with zero attached hydrogens (tertiary/aromatic N) is 1. The molecular weight excluding hydrogens is 356 g/mol. The number of nitrogens with two attached hydrogens (primary N) is 1. The van der Waals surface area contributed by atoms with Crippen LogP contribution in [0.4, 0.5) is 10.5 Å². The maximum atomic E-state index is 12.9. The molecule has 3 amide bonds. The number of carbonyl (C=O) groups is 2. The number of nitrogens with one attached hydrogen (secondary N) is 2. The van der Waals surface area contributed by atoms with Gasteiger partial charge in [0.25, 0.3) is 5.91 Å². The lowest BCUT2D eigenvalue weighted by molar-refractivity contribution is 0.0994. The maximum absolute atomic E-state index is 12.9. The first-order valence-corrected chi connectivity index (χ1v) is 9.08. The van der Waals surface area contributed by atoms with Crippen molar-refractivity contribution in [3.05, 3.63) is 65.1 Å². The third kappa shape index (κ3) is 3.22. The third-order valence-corrected chi connectivity index (χ3v) is 4.87. The fourth-order valence-electron chi connectivity index (χ4n) is 3.63. The van der Waals surface area contributed by atoms with Crippen molar-refractivity contribution in [2.45, 2.75) is 26.2 Å². The SMILES string of the molecule is Cc1c(C(=O)Nc2cccc3ccccc23)oc2c1/C(=N/NC(N)=O)CCC2. The van der Waals surface area contributed by atoms with Crippen LogP contribution in [-0.2, 0) is 6.42 Å². The number of benzene rings is 2. The Hall–Kier alpha value is -3.61. The third-order valence-electron chi connectivity index (χ3n) is 4.87. The second kappa shape index (κ2) is 7.19. The zero-order valence-electron chi connectivity index (χ0n) is 15.4. The first kappa shape index (κ1) is 17.8. The van der Waals surface area contributed by atoms with Gasteiger partial charge in [-0.1, -0.05) is 36.4 Å². The van der Waals surface area contributed by atoms with E-state index in [4.69, 9.17) is 10.2 Å². The van der Waals surface area contributed by atoms with E-state index < -0.39 is 6.03 Å².